The van der Waals surface area contributed by atoms with E-state index in [9.17, 15) is 4.79 Å². The number of halogens is 1. The maximum Gasteiger partial charge on any atom is 0.221 e. The Balaban J connectivity index is 0.00000625. The molecule has 26 heavy (non-hydrogen) atoms. The van der Waals surface area contributed by atoms with E-state index in [1.54, 1.807) is 0 Å². The number of carbonyl (C=O) groups excluding carboxylic acids is 1. The van der Waals surface area contributed by atoms with Crippen LogP contribution in [0.2, 0.25) is 0 Å². The maximum absolute atomic E-state index is 11.7. The minimum atomic E-state index is -0.0409. The number of aryl methyl sites for hydroxylation is 1. The van der Waals surface area contributed by atoms with Gasteiger partial charge in [0.15, 0.2) is 5.96 Å². The lowest BCUT2D eigenvalue weighted by atomic mass is 10.2. The van der Waals surface area contributed by atoms with Crippen LogP contribution in [-0.4, -0.2) is 43.6 Å². The highest BCUT2D eigenvalue weighted by Crippen LogP contribution is 2.17. The van der Waals surface area contributed by atoms with Crippen LogP contribution in [-0.2, 0) is 4.79 Å². The highest BCUT2D eigenvalue weighted by atomic mass is 127. The van der Waals surface area contributed by atoms with Crippen molar-refractivity contribution in [1.82, 2.24) is 16.0 Å². The van der Waals surface area contributed by atoms with Gasteiger partial charge in [0.25, 0.3) is 0 Å². The molecule has 0 fully saturated rings. The van der Waals surface area contributed by atoms with Gasteiger partial charge >= 0.3 is 0 Å². The lowest BCUT2D eigenvalue weighted by Gasteiger charge is -2.16. The zero-order valence-electron chi connectivity index (χ0n) is 16.5. The van der Waals surface area contributed by atoms with Crippen molar-refractivity contribution in [2.75, 3.05) is 19.6 Å². The van der Waals surface area contributed by atoms with E-state index in [0.717, 1.165) is 17.9 Å². The molecular weight excluding hydrogens is 443 g/mol. The van der Waals surface area contributed by atoms with Crippen molar-refractivity contribution >= 4 is 35.8 Å². The second kappa shape index (κ2) is 13.7. The zero-order valence-corrected chi connectivity index (χ0v) is 18.8. The molecule has 0 bridgehead atoms. The van der Waals surface area contributed by atoms with Gasteiger partial charge in [-0.3, -0.25) is 4.79 Å². The summed E-state index contributed by atoms with van der Waals surface area (Å²) in [4.78, 5) is 16.2. The van der Waals surface area contributed by atoms with Gasteiger partial charge in [0, 0.05) is 25.6 Å². The van der Waals surface area contributed by atoms with Crippen LogP contribution in [0.15, 0.2) is 29.3 Å². The Bertz CT molecular complexity index is 564. The van der Waals surface area contributed by atoms with Gasteiger partial charge in [-0.15, -0.1) is 24.0 Å². The number of hydrogen-bond acceptors (Lipinski definition) is 3. The van der Waals surface area contributed by atoms with E-state index in [1.807, 2.05) is 58.9 Å². The molecule has 6 nitrogen and oxygen atoms in total. The number of rotatable bonds is 9. The van der Waals surface area contributed by atoms with Crippen molar-refractivity contribution in [3.8, 4) is 5.75 Å². The molecule has 1 aromatic carbocycles. The van der Waals surface area contributed by atoms with Crippen LogP contribution in [0, 0.1) is 6.92 Å². The number of guanidine groups is 1. The summed E-state index contributed by atoms with van der Waals surface area (Å²) >= 11 is 0. The van der Waals surface area contributed by atoms with Crippen molar-refractivity contribution < 1.29 is 9.53 Å². The van der Waals surface area contributed by atoms with E-state index in [0.29, 0.717) is 25.5 Å². The molecule has 0 radical (unpaired) electrons. The lowest BCUT2D eigenvalue weighted by molar-refractivity contribution is -0.121. The van der Waals surface area contributed by atoms with Crippen molar-refractivity contribution in [1.29, 1.82) is 0 Å². The number of nitrogens with zero attached hydrogens (tertiary/aromatic N) is 1. The number of aliphatic imine (C=N–C) groups is 1. The van der Waals surface area contributed by atoms with Crippen LogP contribution in [0.4, 0.5) is 0 Å². The number of carbonyl (C=O) groups is 1. The van der Waals surface area contributed by atoms with E-state index in [4.69, 9.17) is 4.74 Å². The van der Waals surface area contributed by atoms with Crippen molar-refractivity contribution in [2.45, 2.75) is 53.2 Å². The van der Waals surface area contributed by atoms with Crippen molar-refractivity contribution in [3.05, 3.63) is 29.8 Å². The standard InChI is InChI=1S/C19H32N4O2.HI/c1-6-20-19(21-12-11-18(24)23-14(2)3)22-13-16(5)25-17-10-8-7-9-15(17)4;/h7-10,14,16H,6,11-13H2,1-5H3,(H,23,24)(H2,20,21,22);1H. The highest BCUT2D eigenvalue weighted by molar-refractivity contribution is 14.0. The average molecular weight is 476 g/mol. The first kappa shape index (κ1) is 24.5. The number of amides is 1. The lowest BCUT2D eigenvalue weighted by Crippen LogP contribution is -2.40. The van der Waals surface area contributed by atoms with Crippen LogP contribution in [0.3, 0.4) is 0 Å². The monoisotopic (exact) mass is 476 g/mol. The highest BCUT2D eigenvalue weighted by Gasteiger charge is 2.07. The fourth-order valence-electron chi connectivity index (χ4n) is 2.19. The topological polar surface area (TPSA) is 74.8 Å². The Kier molecular flexibility index (Phi) is 12.9. The van der Waals surface area contributed by atoms with Gasteiger partial charge < -0.3 is 20.7 Å². The molecule has 1 unspecified atom stereocenters. The Hall–Kier alpha value is -1.51. The van der Waals surface area contributed by atoms with Crippen LogP contribution < -0.4 is 20.7 Å². The molecule has 1 atom stereocenters. The fraction of sp³-hybridized carbons (Fsp3) is 0.579. The first-order chi connectivity index (χ1) is 11.9. The molecule has 0 aliphatic heterocycles. The van der Waals surface area contributed by atoms with E-state index in [1.165, 1.54) is 0 Å². The molecule has 0 heterocycles. The van der Waals surface area contributed by atoms with Crippen molar-refractivity contribution in [2.24, 2.45) is 4.99 Å². The van der Waals surface area contributed by atoms with Crippen LogP contribution in [0.1, 0.15) is 39.7 Å². The van der Waals surface area contributed by atoms with Gasteiger partial charge in [0.05, 0.1) is 6.54 Å². The van der Waals surface area contributed by atoms with Gasteiger partial charge in [0.2, 0.25) is 5.91 Å². The summed E-state index contributed by atoms with van der Waals surface area (Å²) in [6, 6.07) is 8.11. The van der Waals surface area contributed by atoms with Gasteiger partial charge in [0.1, 0.15) is 11.9 Å². The van der Waals surface area contributed by atoms with Crippen LogP contribution in [0.25, 0.3) is 0 Å². The summed E-state index contributed by atoms with van der Waals surface area (Å²) in [6.45, 7) is 11.8. The first-order valence-corrected chi connectivity index (χ1v) is 8.96. The quantitative estimate of drug-likeness (QED) is 0.291. The molecule has 0 aliphatic rings. The second-order valence-corrected chi connectivity index (χ2v) is 6.31. The molecule has 1 amide bonds. The second-order valence-electron chi connectivity index (χ2n) is 6.31. The van der Waals surface area contributed by atoms with Gasteiger partial charge in [-0.05, 0) is 46.2 Å². The maximum atomic E-state index is 11.7. The summed E-state index contributed by atoms with van der Waals surface area (Å²) in [5.74, 6) is 1.61. The molecule has 1 aromatic rings. The number of hydrogen-bond donors (Lipinski definition) is 3. The summed E-state index contributed by atoms with van der Waals surface area (Å²) in [7, 11) is 0. The predicted molar refractivity (Wildman–Crippen MR) is 119 cm³/mol. The Morgan fingerprint density at radius 2 is 1.88 bits per heavy atom. The molecule has 0 aromatic heterocycles. The number of nitrogens with one attached hydrogen (secondary N) is 3. The van der Waals surface area contributed by atoms with E-state index in [2.05, 4.69) is 20.9 Å². The Morgan fingerprint density at radius 3 is 2.50 bits per heavy atom. The minimum absolute atomic E-state index is 0. The zero-order chi connectivity index (χ0) is 18.7. The minimum Gasteiger partial charge on any atom is -0.489 e. The van der Waals surface area contributed by atoms with E-state index in [-0.39, 0.29) is 42.0 Å². The first-order valence-electron chi connectivity index (χ1n) is 8.96. The smallest absolute Gasteiger partial charge is 0.221 e. The largest absolute Gasteiger partial charge is 0.489 e. The van der Waals surface area contributed by atoms with E-state index >= 15 is 0 Å². The Labute approximate surface area is 174 Å². The van der Waals surface area contributed by atoms with Gasteiger partial charge in [-0.1, -0.05) is 18.2 Å². The molecular formula is C19H33IN4O2. The number of ether oxygens (including phenoxy) is 1. The molecule has 1 rings (SSSR count). The Morgan fingerprint density at radius 1 is 1.19 bits per heavy atom. The average Bonchev–Trinajstić information content (AvgIpc) is 2.54. The van der Waals surface area contributed by atoms with Gasteiger partial charge in [-0.2, -0.15) is 0 Å². The summed E-state index contributed by atoms with van der Waals surface area (Å²) in [5, 5.41) is 9.23. The molecule has 3 N–H and O–H groups in total. The molecule has 0 spiro atoms. The SMILES string of the molecule is CCNC(=NCC(C)Oc1ccccc1C)NCCC(=O)NC(C)C.I. The molecule has 7 heteroatoms. The third kappa shape index (κ3) is 10.5. The normalized spacial score (nSPS) is 12.2. The van der Waals surface area contributed by atoms with Crippen LogP contribution in [0.5, 0.6) is 5.75 Å². The summed E-state index contributed by atoms with van der Waals surface area (Å²) in [6.07, 6.45) is 0.374. The van der Waals surface area contributed by atoms with E-state index < -0.39 is 0 Å². The molecule has 0 aliphatic carbocycles. The number of para-hydroxylation sites is 1. The summed E-state index contributed by atoms with van der Waals surface area (Å²) < 4.78 is 5.93. The predicted octanol–water partition coefficient (Wildman–Crippen LogP) is 2.85. The summed E-state index contributed by atoms with van der Waals surface area (Å²) in [5.41, 5.74) is 1.11. The van der Waals surface area contributed by atoms with Crippen LogP contribution >= 0.6 is 24.0 Å². The van der Waals surface area contributed by atoms with Crippen molar-refractivity contribution in [3.63, 3.8) is 0 Å². The molecule has 148 valence electrons. The molecule has 0 saturated heterocycles. The molecule has 0 saturated carbocycles. The van der Waals surface area contributed by atoms with Gasteiger partial charge in [-0.25, -0.2) is 4.99 Å². The fourth-order valence-corrected chi connectivity index (χ4v) is 2.19. The third-order valence-corrected chi connectivity index (χ3v) is 3.37. The third-order valence-electron chi connectivity index (χ3n) is 3.37. The number of benzene rings is 1.